The maximum atomic E-state index is 12.2. The van der Waals surface area contributed by atoms with Gasteiger partial charge in [-0.05, 0) is 25.8 Å². The number of rotatable bonds is 2. The zero-order valence-electron chi connectivity index (χ0n) is 10.1. The van der Waals surface area contributed by atoms with Crippen LogP contribution >= 0.6 is 0 Å². The number of piperidine rings is 1. The summed E-state index contributed by atoms with van der Waals surface area (Å²) >= 11 is 0. The lowest BCUT2D eigenvalue weighted by molar-refractivity contribution is 0.0126. The average molecular weight is 258 g/mol. The van der Waals surface area contributed by atoms with Crippen molar-refractivity contribution in [2.45, 2.75) is 30.3 Å². The second-order valence-corrected chi connectivity index (χ2v) is 6.85. The lowest BCUT2D eigenvalue weighted by Gasteiger charge is -2.34. The van der Waals surface area contributed by atoms with E-state index in [1.54, 1.807) is 37.0 Å². The predicted octanol–water partition coefficient (Wildman–Crippen LogP) is 0.561. The van der Waals surface area contributed by atoms with E-state index in [9.17, 15) is 13.5 Å². The lowest BCUT2D eigenvalue weighted by Crippen LogP contribution is -2.44. The van der Waals surface area contributed by atoms with E-state index in [1.807, 2.05) is 0 Å². The highest BCUT2D eigenvalue weighted by Gasteiger charge is 2.34. The second-order valence-electron chi connectivity index (χ2n) is 4.91. The molecule has 0 unspecified atom stereocenters. The molecule has 0 atom stereocenters. The van der Waals surface area contributed by atoms with E-state index in [0.717, 1.165) is 0 Å². The van der Waals surface area contributed by atoms with Crippen molar-refractivity contribution < 1.29 is 13.5 Å². The topological polar surface area (TPSA) is 62.5 Å². The van der Waals surface area contributed by atoms with Crippen molar-refractivity contribution in [3.63, 3.8) is 0 Å². The molecule has 5 nitrogen and oxygen atoms in total. The Bertz CT molecular complexity index is 495. The van der Waals surface area contributed by atoms with Gasteiger partial charge in [0, 0.05) is 32.5 Å². The minimum Gasteiger partial charge on any atom is -0.390 e. The lowest BCUT2D eigenvalue weighted by atomic mass is 9.95. The third-order valence-electron chi connectivity index (χ3n) is 3.24. The van der Waals surface area contributed by atoms with Crippen molar-refractivity contribution >= 4 is 10.0 Å². The van der Waals surface area contributed by atoms with Gasteiger partial charge in [0.05, 0.1) is 10.5 Å². The summed E-state index contributed by atoms with van der Waals surface area (Å²) in [5.74, 6) is 0. The van der Waals surface area contributed by atoms with Gasteiger partial charge in [-0.25, -0.2) is 8.42 Å². The quantitative estimate of drug-likeness (QED) is 0.843. The number of hydrogen-bond acceptors (Lipinski definition) is 3. The number of sulfonamides is 1. The van der Waals surface area contributed by atoms with Gasteiger partial charge in [0.25, 0.3) is 0 Å². The Morgan fingerprint density at radius 1 is 1.35 bits per heavy atom. The fourth-order valence-electron chi connectivity index (χ4n) is 1.99. The summed E-state index contributed by atoms with van der Waals surface area (Å²) in [5.41, 5.74) is -0.733. The Kier molecular flexibility index (Phi) is 3.05. The van der Waals surface area contributed by atoms with Crippen LogP contribution in [0.5, 0.6) is 0 Å². The third kappa shape index (κ3) is 2.53. The van der Waals surface area contributed by atoms with Crippen LogP contribution in [0.3, 0.4) is 0 Å². The number of hydrogen-bond donors (Lipinski definition) is 1. The number of aryl methyl sites for hydroxylation is 1. The highest BCUT2D eigenvalue weighted by Crippen LogP contribution is 2.26. The molecule has 1 fully saturated rings. The molecule has 1 aliphatic heterocycles. The first kappa shape index (κ1) is 12.6. The first-order chi connectivity index (χ1) is 7.81. The number of aromatic nitrogens is 1. The summed E-state index contributed by atoms with van der Waals surface area (Å²) in [7, 11) is -1.60. The van der Waals surface area contributed by atoms with Gasteiger partial charge in [-0.3, -0.25) is 0 Å². The van der Waals surface area contributed by atoms with Crippen molar-refractivity contribution in [1.82, 2.24) is 8.87 Å². The van der Waals surface area contributed by atoms with E-state index in [1.165, 1.54) is 4.31 Å². The summed E-state index contributed by atoms with van der Waals surface area (Å²) < 4.78 is 27.6. The molecule has 96 valence electrons. The normalized spacial score (nSPS) is 21.6. The van der Waals surface area contributed by atoms with Crippen molar-refractivity contribution in [3.05, 3.63) is 18.5 Å². The molecule has 0 amide bonds. The molecular formula is C11H18N2O3S. The molecule has 0 radical (unpaired) electrons. The molecule has 1 N–H and O–H groups in total. The maximum Gasteiger partial charge on any atom is 0.244 e. The summed E-state index contributed by atoms with van der Waals surface area (Å²) in [4.78, 5) is 0.321. The fourth-order valence-corrected chi connectivity index (χ4v) is 3.48. The largest absolute Gasteiger partial charge is 0.390 e. The highest BCUT2D eigenvalue weighted by molar-refractivity contribution is 7.89. The summed E-state index contributed by atoms with van der Waals surface area (Å²) in [6.07, 6.45) is 4.28. The van der Waals surface area contributed by atoms with Crippen LogP contribution in [-0.4, -0.2) is 41.1 Å². The van der Waals surface area contributed by atoms with Gasteiger partial charge in [-0.2, -0.15) is 4.31 Å². The molecule has 1 aliphatic rings. The Morgan fingerprint density at radius 3 is 2.41 bits per heavy atom. The Hall–Kier alpha value is -0.850. The number of nitrogens with zero attached hydrogens (tertiary/aromatic N) is 2. The second kappa shape index (κ2) is 4.12. The van der Waals surface area contributed by atoms with Crippen molar-refractivity contribution in [2.75, 3.05) is 13.1 Å². The van der Waals surface area contributed by atoms with Gasteiger partial charge in [0.1, 0.15) is 0 Å². The Morgan fingerprint density at radius 2 is 1.94 bits per heavy atom. The van der Waals surface area contributed by atoms with Gasteiger partial charge in [-0.15, -0.1) is 0 Å². The zero-order chi connectivity index (χ0) is 12.7. The van der Waals surface area contributed by atoms with Gasteiger partial charge < -0.3 is 9.67 Å². The highest BCUT2D eigenvalue weighted by atomic mass is 32.2. The fraction of sp³-hybridized carbons (Fsp3) is 0.636. The van der Waals surface area contributed by atoms with Crippen LogP contribution in [-0.2, 0) is 17.1 Å². The predicted molar refractivity (Wildman–Crippen MR) is 64.0 cm³/mol. The molecule has 6 heteroatoms. The molecule has 0 bridgehead atoms. The van der Waals surface area contributed by atoms with E-state index in [0.29, 0.717) is 30.8 Å². The molecule has 0 aliphatic carbocycles. The van der Waals surface area contributed by atoms with Gasteiger partial charge in [0.15, 0.2) is 0 Å². The molecule has 1 aromatic rings. The Labute approximate surface area is 102 Å². The molecule has 0 aromatic carbocycles. The summed E-state index contributed by atoms with van der Waals surface area (Å²) in [5, 5.41) is 9.81. The monoisotopic (exact) mass is 258 g/mol. The van der Waals surface area contributed by atoms with Crippen LogP contribution in [0.2, 0.25) is 0 Å². The molecule has 1 aromatic heterocycles. The maximum absolute atomic E-state index is 12.2. The van der Waals surface area contributed by atoms with Crippen LogP contribution in [0.25, 0.3) is 0 Å². The molecule has 17 heavy (non-hydrogen) atoms. The summed E-state index contributed by atoms with van der Waals surface area (Å²) in [6.45, 7) is 2.51. The van der Waals surface area contributed by atoms with Crippen molar-refractivity contribution in [1.29, 1.82) is 0 Å². The molecule has 0 saturated carbocycles. The van der Waals surface area contributed by atoms with Crippen LogP contribution in [0.15, 0.2) is 23.4 Å². The first-order valence-electron chi connectivity index (χ1n) is 5.66. The van der Waals surface area contributed by atoms with Crippen LogP contribution < -0.4 is 0 Å². The minimum atomic E-state index is -3.39. The van der Waals surface area contributed by atoms with Crippen LogP contribution in [0.4, 0.5) is 0 Å². The van der Waals surface area contributed by atoms with Gasteiger partial charge >= 0.3 is 0 Å². The van der Waals surface area contributed by atoms with Crippen LogP contribution in [0.1, 0.15) is 19.8 Å². The molecule has 0 spiro atoms. The molecule has 2 rings (SSSR count). The molecule has 2 heterocycles. The van der Waals surface area contributed by atoms with Crippen LogP contribution in [0, 0.1) is 0 Å². The van der Waals surface area contributed by atoms with Crippen molar-refractivity contribution in [2.24, 2.45) is 7.05 Å². The van der Waals surface area contributed by atoms with E-state index < -0.39 is 15.6 Å². The average Bonchev–Trinajstić information content (AvgIpc) is 2.65. The minimum absolute atomic E-state index is 0.321. The number of aliphatic hydroxyl groups is 1. The van der Waals surface area contributed by atoms with E-state index in [-0.39, 0.29) is 0 Å². The van der Waals surface area contributed by atoms with E-state index in [2.05, 4.69) is 0 Å². The smallest absolute Gasteiger partial charge is 0.244 e. The van der Waals surface area contributed by atoms with Crippen molar-refractivity contribution in [3.8, 4) is 0 Å². The van der Waals surface area contributed by atoms with E-state index >= 15 is 0 Å². The molecular weight excluding hydrogens is 240 g/mol. The standard InChI is InChI=1S/C11H18N2O3S/c1-11(14)4-7-13(8-5-11)17(15,16)10-3-6-12(2)9-10/h3,6,9,14H,4-5,7-8H2,1-2H3. The Balaban J connectivity index is 2.18. The van der Waals surface area contributed by atoms with E-state index in [4.69, 9.17) is 0 Å². The van der Waals surface area contributed by atoms with Gasteiger partial charge in [-0.1, -0.05) is 0 Å². The van der Waals surface area contributed by atoms with Gasteiger partial charge in [0.2, 0.25) is 10.0 Å². The SMILES string of the molecule is Cn1ccc(S(=O)(=O)N2CCC(C)(O)CC2)c1. The third-order valence-corrected chi connectivity index (χ3v) is 5.12. The first-order valence-corrected chi connectivity index (χ1v) is 7.10. The zero-order valence-corrected chi connectivity index (χ0v) is 10.9. The molecule has 1 saturated heterocycles. The summed E-state index contributed by atoms with van der Waals surface area (Å²) in [6, 6.07) is 1.60.